The molecule has 4 aromatic rings. The molecule has 4 atom stereocenters. The number of hydrogen-bond donors (Lipinski definition) is 3. The van der Waals surface area contributed by atoms with E-state index in [2.05, 4.69) is 10.5 Å². The Morgan fingerprint density at radius 2 is 1.69 bits per heavy atom. The summed E-state index contributed by atoms with van der Waals surface area (Å²) in [5.74, 6) is -0.674. The average Bonchev–Trinajstić information content (AvgIpc) is 3.82. The molecule has 1 aliphatic rings. The molecule has 3 N–H and O–H groups in total. The van der Waals surface area contributed by atoms with Gasteiger partial charge in [0.05, 0.1) is 35.8 Å². The van der Waals surface area contributed by atoms with Crippen LogP contribution in [0.25, 0.3) is 11.1 Å². The number of urea groups is 1. The van der Waals surface area contributed by atoms with Crippen LogP contribution in [0.2, 0.25) is 0 Å². The van der Waals surface area contributed by atoms with E-state index in [9.17, 15) is 23.1 Å². The van der Waals surface area contributed by atoms with Crippen molar-refractivity contribution in [3.05, 3.63) is 114 Å². The van der Waals surface area contributed by atoms with Crippen molar-refractivity contribution in [2.45, 2.75) is 70.2 Å². The third kappa shape index (κ3) is 9.95. The largest absolute Gasteiger partial charge is 0.472 e. The molecule has 12 nitrogen and oxygen atoms in total. The number of oxime groups is 1. The minimum absolute atomic E-state index is 0.0243. The monoisotopic (exact) mass is 757 g/mol. The van der Waals surface area contributed by atoms with Gasteiger partial charge >= 0.3 is 6.03 Å². The Bertz CT molecular complexity index is 1950. The zero-order valence-corrected chi connectivity index (χ0v) is 32.1. The summed E-state index contributed by atoms with van der Waals surface area (Å²) in [5, 5.41) is 26.8. The molecule has 0 bridgehead atoms. The van der Waals surface area contributed by atoms with Crippen LogP contribution < -0.4 is 5.32 Å². The predicted molar refractivity (Wildman–Crippen MR) is 207 cm³/mol. The highest BCUT2D eigenvalue weighted by molar-refractivity contribution is 7.89. The number of sulfonamides is 1. The second kappa shape index (κ2) is 18.4. The Labute approximate surface area is 318 Å². The van der Waals surface area contributed by atoms with Crippen LogP contribution in [0, 0.1) is 11.8 Å². The Morgan fingerprint density at radius 3 is 2.33 bits per heavy atom. The molecule has 288 valence electrons. The number of benzene rings is 3. The van der Waals surface area contributed by atoms with E-state index >= 15 is 0 Å². The first kappa shape index (κ1) is 40.2. The van der Waals surface area contributed by atoms with E-state index < -0.39 is 34.1 Å². The van der Waals surface area contributed by atoms with Gasteiger partial charge in [-0.05, 0) is 64.8 Å². The van der Waals surface area contributed by atoms with Gasteiger partial charge in [0.1, 0.15) is 6.04 Å². The predicted octanol–water partition coefficient (Wildman–Crippen LogP) is 5.84. The zero-order valence-electron chi connectivity index (χ0n) is 31.3. The fourth-order valence-electron chi connectivity index (χ4n) is 6.81. The first-order valence-corrected chi connectivity index (χ1v) is 19.8. The Balaban J connectivity index is 1.37. The van der Waals surface area contributed by atoms with Crippen molar-refractivity contribution in [1.82, 2.24) is 19.4 Å². The molecule has 2 unspecified atom stereocenters. The van der Waals surface area contributed by atoms with E-state index in [-0.39, 0.29) is 42.3 Å². The Morgan fingerprint density at radius 1 is 0.963 bits per heavy atom. The maximum Gasteiger partial charge on any atom is 0.321 e. The number of nitrogens with one attached hydrogen (secondary N) is 1. The van der Waals surface area contributed by atoms with Gasteiger partial charge in [0.15, 0.2) is 0 Å². The smallest absolute Gasteiger partial charge is 0.321 e. The van der Waals surface area contributed by atoms with Gasteiger partial charge in [-0.1, -0.05) is 99.9 Å². The summed E-state index contributed by atoms with van der Waals surface area (Å²) in [6.07, 6.45) is 4.06. The van der Waals surface area contributed by atoms with E-state index in [1.807, 2.05) is 88.4 Å². The van der Waals surface area contributed by atoms with Crippen molar-refractivity contribution >= 4 is 28.2 Å². The lowest BCUT2D eigenvalue weighted by atomic mass is 9.95. The molecular formula is C41H51N5O7S. The number of amides is 3. The number of aliphatic hydroxyl groups excluding tert-OH is 1. The lowest BCUT2D eigenvalue weighted by Crippen LogP contribution is -2.57. The van der Waals surface area contributed by atoms with Crippen LogP contribution in [0.4, 0.5) is 4.79 Å². The van der Waals surface area contributed by atoms with E-state index in [0.29, 0.717) is 31.6 Å². The van der Waals surface area contributed by atoms with Crippen molar-refractivity contribution in [2.75, 3.05) is 26.2 Å². The minimum Gasteiger partial charge on any atom is -0.472 e. The minimum atomic E-state index is -4.07. The number of carbonyl (C=O) groups is 2. The lowest BCUT2D eigenvalue weighted by Gasteiger charge is -2.35. The lowest BCUT2D eigenvalue weighted by molar-refractivity contribution is -0.128. The maximum absolute atomic E-state index is 14.4. The molecule has 13 heteroatoms. The van der Waals surface area contributed by atoms with Gasteiger partial charge in [0.25, 0.3) is 0 Å². The molecule has 1 aliphatic heterocycles. The SMILES string of the molecule is CCC(C)C(C(=O)N[C@@H](Cc1ccccc1)[C@H](O)CN(CC(C)C)S(=O)(=O)c1ccc(/C=N/O)cc1)N1CCN(Cc2cccc(-c3ccoc3)c2)C1=O. The highest BCUT2D eigenvalue weighted by atomic mass is 32.2. The second-order valence-corrected chi connectivity index (χ2v) is 16.3. The van der Waals surface area contributed by atoms with Crippen LogP contribution in [0.3, 0.4) is 0 Å². The summed E-state index contributed by atoms with van der Waals surface area (Å²) in [7, 11) is -4.07. The summed E-state index contributed by atoms with van der Waals surface area (Å²) in [4.78, 5) is 31.7. The van der Waals surface area contributed by atoms with Crippen LogP contribution in [0.5, 0.6) is 0 Å². The summed E-state index contributed by atoms with van der Waals surface area (Å²) >= 11 is 0. The first-order chi connectivity index (χ1) is 25.9. The summed E-state index contributed by atoms with van der Waals surface area (Å²) in [6.45, 7) is 8.72. The third-order valence-electron chi connectivity index (χ3n) is 9.84. The molecule has 1 fully saturated rings. The maximum atomic E-state index is 14.4. The van der Waals surface area contributed by atoms with Crippen LogP contribution in [0.15, 0.2) is 112 Å². The fraction of sp³-hybridized carbons (Fsp3) is 0.390. The molecule has 0 saturated carbocycles. The van der Waals surface area contributed by atoms with E-state index in [1.54, 1.807) is 22.3 Å². The van der Waals surface area contributed by atoms with Gasteiger partial charge in [-0.15, -0.1) is 0 Å². The quantitative estimate of drug-likeness (QED) is 0.0654. The van der Waals surface area contributed by atoms with Crippen LogP contribution in [0.1, 0.15) is 50.8 Å². The topological polar surface area (TPSA) is 156 Å². The van der Waals surface area contributed by atoms with Gasteiger partial charge in [-0.3, -0.25) is 4.79 Å². The fourth-order valence-corrected chi connectivity index (χ4v) is 8.43. The molecule has 0 radical (unpaired) electrons. The van der Waals surface area contributed by atoms with Crippen molar-refractivity contribution in [2.24, 2.45) is 17.0 Å². The Hall–Kier alpha value is -4.98. The van der Waals surface area contributed by atoms with E-state index in [0.717, 1.165) is 22.3 Å². The second-order valence-electron chi connectivity index (χ2n) is 14.3. The van der Waals surface area contributed by atoms with Crippen LogP contribution in [-0.4, -0.2) is 95.4 Å². The Kier molecular flexibility index (Phi) is 13.7. The van der Waals surface area contributed by atoms with Crippen molar-refractivity contribution in [3.8, 4) is 11.1 Å². The number of furan rings is 1. The zero-order chi connectivity index (χ0) is 38.8. The molecular weight excluding hydrogens is 707 g/mol. The highest BCUT2D eigenvalue weighted by Gasteiger charge is 2.41. The van der Waals surface area contributed by atoms with Gasteiger partial charge < -0.3 is 29.8 Å². The molecule has 3 amide bonds. The molecule has 3 aromatic carbocycles. The number of hydrogen-bond acceptors (Lipinski definition) is 8. The van der Waals surface area contributed by atoms with Gasteiger partial charge in [-0.25, -0.2) is 13.2 Å². The van der Waals surface area contributed by atoms with Crippen LogP contribution in [-0.2, 0) is 27.8 Å². The molecule has 5 rings (SSSR count). The molecule has 1 saturated heterocycles. The molecule has 2 heterocycles. The van der Waals surface area contributed by atoms with Gasteiger partial charge in [0.2, 0.25) is 15.9 Å². The average molecular weight is 758 g/mol. The van der Waals surface area contributed by atoms with Crippen molar-refractivity contribution in [3.63, 3.8) is 0 Å². The molecule has 1 aromatic heterocycles. The summed E-state index contributed by atoms with van der Waals surface area (Å²) in [6, 6.07) is 23.2. The number of nitrogens with zero attached hydrogens (tertiary/aromatic N) is 4. The third-order valence-corrected chi connectivity index (χ3v) is 11.7. The number of rotatable bonds is 18. The first-order valence-electron chi connectivity index (χ1n) is 18.4. The summed E-state index contributed by atoms with van der Waals surface area (Å²) < 4.78 is 34.4. The standard InChI is InChI=1S/C41H51N5O7S/c1-5-30(4)39(46-20-19-44(41(46)49)26-33-12-9-13-34(22-33)35-18-21-53-28-35)40(48)43-37(23-31-10-7-6-8-11-31)38(47)27-45(25-29(2)3)54(51,52)36-16-14-32(15-17-36)24-42-50/h6-18,21-22,24,28-30,37-39,47,50H,5,19-20,23,25-27H2,1-4H3,(H,43,48)/b42-24+/t30?,37-,38+,39?/m0/s1. The van der Waals surface area contributed by atoms with Gasteiger partial charge in [0, 0.05) is 38.3 Å². The molecule has 0 aliphatic carbocycles. The van der Waals surface area contributed by atoms with Crippen LogP contribution >= 0.6 is 0 Å². The normalized spacial score (nSPS) is 15.9. The highest BCUT2D eigenvalue weighted by Crippen LogP contribution is 2.26. The van der Waals surface area contributed by atoms with E-state index in [1.165, 1.54) is 34.8 Å². The number of aliphatic hydroxyl groups is 1. The molecule has 54 heavy (non-hydrogen) atoms. The van der Waals surface area contributed by atoms with Gasteiger partial charge in [-0.2, -0.15) is 4.31 Å². The number of carbonyl (C=O) groups excluding carboxylic acids is 2. The molecule has 0 spiro atoms. The summed E-state index contributed by atoms with van der Waals surface area (Å²) in [5.41, 5.74) is 4.25. The van der Waals surface area contributed by atoms with Crippen molar-refractivity contribution in [1.29, 1.82) is 0 Å². The van der Waals surface area contributed by atoms with E-state index in [4.69, 9.17) is 9.62 Å². The van der Waals surface area contributed by atoms with Crippen molar-refractivity contribution < 1.29 is 32.7 Å².